The highest BCUT2D eigenvalue weighted by Gasteiger charge is 2.14. The summed E-state index contributed by atoms with van der Waals surface area (Å²) in [4.78, 5) is 15.3. The van der Waals surface area contributed by atoms with Gasteiger partial charge in [0.2, 0.25) is 0 Å². The second kappa shape index (κ2) is 5.54. The monoisotopic (exact) mass is 310 g/mol. The summed E-state index contributed by atoms with van der Waals surface area (Å²) in [5.74, 6) is -0.564. The van der Waals surface area contributed by atoms with Gasteiger partial charge in [-0.25, -0.2) is 4.39 Å². The molecule has 3 aromatic rings. The summed E-state index contributed by atoms with van der Waals surface area (Å²) < 4.78 is 13.2. The van der Waals surface area contributed by atoms with E-state index in [1.807, 2.05) is 24.3 Å². The van der Waals surface area contributed by atoms with Crippen LogP contribution in [0.5, 0.6) is 0 Å². The van der Waals surface area contributed by atoms with Gasteiger partial charge in [-0.3, -0.25) is 4.79 Å². The van der Waals surface area contributed by atoms with Gasteiger partial charge in [-0.15, -0.1) is 0 Å². The van der Waals surface area contributed by atoms with Gasteiger partial charge in [0, 0.05) is 16.6 Å². The molecule has 0 fully saturated rings. The van der Waals surface area contributed by atoms with Crippen LogP contribution in [-0.2, 0) is 5.41 Å². The number of carbonyl (C=O) groups excluding carboxylic acids is 1. The number of nitrogens with one attached hydrogen (secondary N) is 2. The van der Waals surface area contributed by atoms with Crippen LogP contribution in [0.4, 0.5) is 10.1 Å². The topological polar surface area (TPSA) is 44.9 Å². The molecule has 2 aromatic carbocycles. The predicted molar refractivity (Wildman–Crippen MR) is 91.4 cm³/mol. The molecule has 0 aliphatic rings. The first-order valence-electron chi connectivity index (χ1n) is 7.53. The van der Waals surface area contributed by atoms with E-state index in [1.54, 1.807) is 12.1 Å². The summed E-state index contributed by atoms with van der Waals surface area (Å²) in [6, 6.07) is 13.8. The molecule has 3 rings (SSSR count). The second-order valence-corrected chi connectivity index (χ2v) is 6.70. The van der Waals surface area contributed by atoms with Crippen LogP contribution in [0.3, 0.4) is 0 Å². The number of anilines is 1. The smallest absolute Gasteiger partial charge is 0.272 e. The van der Waals surface area contributed by atoms with Gasteiger partial charge in [0.1, 0.15) is 11.5 Å². The van der Waals surface area contributed by atoms with Crippen molar-refractivity contribution in [2.45, 2.75) is 26.2 Å². The number of benzene rings is 2. The van der Waals surface area contributed by atoms with Crippen molar-refractivity contribution in [3.05, 3.63) is 65.6 Å². The summed E-state index contributed by atoms with van der Waals surface area (Å²) in [5, 5.41) is 3.53. The first-order valence-corrected chi connectivity index (χ1v) is 7.53. The van der Waals surface area contributed by atoms with E-state index in [9.17, 15) is 9.18 Å². The summed E-state index contributed by atoms with van der Waals surface area (Å²) >= 11 is 0. The Morgan fingerprint density at radius 2 is 1.74 bits per heavy atom. The van der Waals surface area contributed by atoms with E-state index < -0.39 is 0 Å². The van der Waals surface area contributed by atoms with Crippen molar-refractivity contribution in [2.75, 3.05) is 5.32 Å². The lowest BCUT2D eigenvalue weighted by atomic mass is 9.87. The number of fused-ring (bicyclic) bond motifs is 1. The highest BCUT2D eigenvalue weighted by atomic mass is 19.1. The standard InChI is InChI=1S/C19H19FN2O/c1-19(2,3)13-4-7-15(8-5-13)21-18(23)17-11-12-10-14(20)6-9-16(12)22-17/h4-11,22H,1-3H3,(H,21,23). The van der Waals surface area contributed by atoms with Gasteiger partial charge in [0.25, 0.3) is 5.91 Å². The van der Waals surface area contributed by atoms with Crippen molar-refractivity contribution < 1.29 is 9.18 Å². The van der Waals surface area contributed by atoms with Crippen LogP contribution in [0, 0.1) is 5.82 Å². The zero-order valence-electron chi connectivity index (χ0n) is 13.4. The van der Waals surface area contributed by atoms with Gasteiger partial charge in [-0.2, -0.15) is 0 Å². The molecule has 2 N–H and O–H groups in total. The fraction of sp³-hybridized carbons (Fsp3) is 0.211. The molecule has 1 heterocycles. The molecule has 23 heavy (non-hydrogen) atoms. The highest BCUT2D eigenvalue weighted by Crippen LogP contribution is 2.24. The van der Waals surface area contributed by atoms with E-state index in [-0.39, 0.29) is 17.1 Å². The molecular formula is C19H19FN2O. The van der Waals surface area contributed by atoms with Crippen molar-refractivity contribution in [3.63, 3.8) is 0 Å². The van der Waals surface area contributed by atoms with Crippen molar-refractivity contribution >= 4 is 22.5 Å². The molecule has 0 aliphatic carbocycles. The molecule has 0 spiro atoms. The van der Waals surface area contributed by atoms with E-state index in [0.717, 1.165) is 11.2 Å². The number of H-pyrrole nitrogens is 1. The van der Waals surface area contributed by atoms with Crippen LogP contribution in [0.15, 0.2) is 48.5 Å². The third-order valence-corrected chi connectivity index (χ3v) is 3.84. The SMILES string of the molecule is CC(C)(C)c1ccc(NC(=O)c2cc3cc(F)ccc3[nH]2)cc1. The Labute approximate surface area is 134 Å². The van der Waals surface area contributed by atoms with Gasteiger partial charge in [-0.1, -0.05) is 32.9 Å². The number of amides is 1. The third kappa shape index (κ3) is 3.26. The Balaban J connectivity index is 1.80. The van der Waals surface area contributed by atoms with E-state index in [0.29, 0.717) is 11.1 Å². The second-order valence-electron chi connectivity index (χ2n) is 6.70. The van der Waals surface area contributed by atoms with Crippen molar-refractivity contribution in [3.8, 4) is 0 Å². The molecule has 0 radical (unpaired) electrons. The molecule has 0 unspecified atom stereocenters. The average Bonchev–Trinajstić information content (AvgIpc) is 2.90. The minimum Gasteiger partial charge on any atom is -0.351 e. The van der Waals surface area contributed by atoms with E-state index in [2.05, 4.69) is 31.1 Å². The molecule has 3 nitrogen and oxygen atoms in total. The molecule has 0 bridgehead atoms. The fourth-order valence-electron chi connectivity index (χ4n) is 2.48. The molecule has 0 saturated carbocycles. The highest BCUT2D eigenvalue weighted by molar-refractivity contribution is 6.05. The maximum Gasteiger partial charge on any atom is 0.272 e. The van der Waals surface area contributed by atoms with E-state index in [4.69, 9.17) is 0 Å². The van der Waals surface area contributed by atoms with Gasteiger partial charge < -0.3 is 10.3 Å². The number of hydrogen-bond donors (Lipinski definition) is 2. The number of carbonyl (C=O) groups is 1. The van der Waals surface area contributed by atoms with Crippen LogP contribution in [0.25, 0.3) is 10.9 Å². The summed E-state index contributed by atoms with van der Waals surface area (Å²) in [7, 11) is 0. The van der Waals surface area contributed by atoms with E-state index >= 15 is 0 Å². The first-order chi connectivity index (χ1) is 10.8. The summed E-state index contributed by atoms with van der Waals surface area (Å²) in [5.41, 5.74) is 3.15. The molecule has 0 atom stereocenters. The number of rotatable bonds is 2. The van der Waals surface area contributed by atoms with Crippen LogP contribution in [-0.4, -0.2) is 10.9 Å². The van der Waals surface area contributed by atoms with Crippen molar-refractivity contribution in [1.82, 2.24) is 4.98 Å². The maximum absolute atomic E-state index is 13.2. The Kier molecular flexibility index (Phi) is 3.68. The predicted octanol–water partition coefficient (Wildman–Crippen LogP) is 4.86. The number of aromatic nitrogens is 1. The lowest BCUT2D eigenvalue weighted by Crippen LogP contribution is -2.13. The maximum atomic E-state index is 13.2. The molecule has 1 amide bonds. The Morgan fingerprint density at radius 3 is 2.39 bits per heavy atom. The zero-order chi connectivity index (χ0) is 16.6. The first kappa shape index (κ1) is 15.3. The molecule has 118 valence electrons. The van der Waals surface area contributed by atoms with Gasteiger partial charge in [-0.05, 0) is 47.4 Å². The fourth-order valence-corrected chi connectivity index (χ4v) is 2.48. The lowest BCUT2D eigenvalue weighted by Gasteiger charge is -2.19. The minimum atomic E-state index is -0.318. The Morgan fingerprint density at radius 1 is 1.04 bits per heavy atom. The number of aromatic amines is 1. The molecule has 1 aromatic heterocycles. The molecule has 4 heteroatoms. The number of hydrogen-bond acceptors (Lipinski definition) is 1. The van der Waals surface area contributed by atoms with Crippen LogP contribution >= 0.6 is 0 Å². The van der Waals surface area contributed by atoms with E-state index in [1.165, 1.54) is 17.7 Å². The van der Waals surface area contributed by atoms with Crippen LogP contribution in [0.1, 0.15) is 36.8 Å². The summed E-state index contributed by atoms with van der Waals surface area (Å²) in [6.45, 7) is 6.43. The van der Waals surface area contributed by atoms with Crippen LogP contribution < -0.4 is 5.32 Å². The quantitative estimate of drug-likeness (QED) is 0.698. The average molecular weight is 310 g/mol. The summed E-state index contributed by atoms with van der Waals surface area (Å²) in [6.07, 6.45) is 0. The van der Waals surface area contributed by atoms with Crippen molar-refractivity contribution in [1.29, 1.82) is 0 Å². The van der Waals surface area contributed by atoms with Gasteiger partial charge >= 0.3 is 0 Å². The van der Waals surface area contributed by atoms with Gasteiger partial charge in [0.05, 0.1) is 0 Å². The lowest BCUT2D eigenvalue weighted by molar-refractivity contribution is 0.102. The molecule has 0 saturated heterocycles. The number of halogens is 1. The van der Waals surface area contributed by atoms with Crippen molar-refractivity contribution in [2.24, 2.45) is 0 Å². The Hall–Kier alpha value is -2.62. The minimum absolute atomic E-state index is 0.0732. The largest absolute Gasteiger partial charge is 0.351 e. The van der Waals surface area contributed by atoms with Crippen LogP contribution in [0.2, 0.25) is 0 Å². The molecular weight excluding hydrogens is 291 g/mol. The van der Waals surface area contributed by atoms with Gasteiger partial charge in [0.15, 0.2) is 0 Å². The third-order valence-electron chi connectivity index (χ3n) is 3.84. The molecule has 0 aliphatic heterocycles. The Bertz CT molecular complexity index is 857. The zero-order valence-corrected chi connectivity index (χ0v) is 13.4. The normalized spacial score (nSPS) is 11.7.